The van der Waals surface area contributed by atoms with E-state index in [9.17, 15) is 8.78 Å². The molecule has 0 radical (unpaired) electrons. The molecule has 2 rings (SSSR count). The van der Waals surface area contributed by atoms with Crippen LogP contribution in [0.5, 0.6) is 0 Å². The Balaban J connectivity index is 2.23. The molecule has 0 aromatic rings. The van der Waals surface area contributed by atoms with Crippen LogP contribution >= 0.6 is 0 Å². The van der Waals surface area contributed by atoms with Crippen LogP contribution in [0.4, 0.5) is 8.78 Å². The predicted octanol–water partition coefficient (Wildman–Crippen LogP) is 0.260. The Morgan fingerprint density at radius 1 is 1.60 bits per heavy atom. The summed E-state index contributed by atoms with van der Waals surface area (Å²) in [6.07, 6.45) is 0. The van der Waals surface area contributed by atoms with Crippen LogP contribution in [-0.2, 0) is 4.74 Å². The summed E-state index contributed by atoms with van der Waals surface area (Å²) in [5, 5.41) is 8.64. The molecule has 1 N–H and O–H groups in total. The molecule has 0 spiro atoms. The molecule has 1 aliphatic heterocycles. The zero-order chi connectivity index (χ0) is 7.41. The normalized spacial score (nSPS) is 48.9. The van der Waals surface area contributed by atoms with Crippen molar-refractivity contribution in [1.82, 2.24) is 0 Å². The van der Waals surface area contributed by atoms with E-state index in [1.807, 2.05) is 0 Å². The molecule has 0 aromatic heterocycles. The SMILES string of the molecule is OC[C@]12COC[C@H]1C2(F)F. The van der Waals surface area contributed by atoms with Crippen molar-refractivity contribution in [2.75, 3.05) is 19.8 Å². The van der Waals surface area contributed by atoms with E-state index >= 15 is 0 Å². The summed E-state index contributed by atoms with van der Waals surface area (Å²) in [7, 11) is 0. The van der Waals surface area contributed by atoms with Gasteiger partial charge in [-0.3, -0.25) is 0 Å². The number of aliphatic hydroxyl groups is 1. The summed E-state index contributed by atoms with van der Waals surface area (Å²) in [5.41, 5.74) is -1.20. The Labute approximate surface area is 56.8 Å². The van der Waals surface area contributed by atoms with Gasteiger partial charge in [-0.15, -0.1) is 0 Å². The largest absolute Gasteiger partial charge is 0.395 e. The molecule has 2 nitrogen and oxygen atoms in total. The summed E-state index contributed by atoms with van der Waals surface area (Å²) in [6.45, 7) is -0.334. The van der Waals surface area contributed by atoms with Gasteiger partial charge in [-0.05, 0) is 0 Å². The number of rotatable bonds is 1. The fourth-order valence-electron chi connectivity index (χ4n) is 1.67. The van der Waals surface area contributed by atoms with Crippen molar-refractivity contribution in [3.8, 4) is 0 Å². The summed E-state index contributed by atoms with van der Waals surface area (Å²) in [6, 6.07) is 0. The number of halogens is 2. The molecule has 2 aliphatic rings. The smallest absolute Gasteiger partial charge is 0.264 e. The van der Waals surface area contributed by atoms with Gasteiger partial charge in [0.15, 0.2) is 0 Å². The monoisotopic (exact) mass is 150 g/mol. The minimum Gasteiger partial charge on any atom is -0.395 e. The zero-order valence-electron chi connectivity index (χ0n) is 5.31. The molecule has 2 atom stereocenters. The lowest BCUT2D eigenvalue weighted by molar-refractivity contribution is -0.0257. The lowest BCUT2D eigenvalue weighted by Gasteiger charge is -2.08. The fourth-order valence-corrected chi connectivity index (χ4v) is 1.67. The van der Waals surface area contributed by atoms with Gasteiger partial charge in [0, 0.05) is 0 Å². The van der Waals surface area contributed by atoms with Gasteiger partial charge in [-0.25, -0.2) is 8.78 Å². The molecular weight excluding hydrogens is 142 g/mol. The average Bonchev–Trinajstić information content (AvgIpc) is 2.34. The lowest BCUT2D eigenvalue weighted by Crippen LogP contribution is -2.20. The van der Waals surface area contributed by atoms with Gasteiger partial charge in [0.2, 0.25) is 0 Å². The third kappa shape index (κ3) is 0.432. The molecule has 2 fully saturated rings. The van der Waals surface area contributed by atoms with Gasteiger partial charge in [0.25, 0.3) is 5.92 Å². The topological polar surface area (TPSA) is 29.5 Å². The third-order valence-electron chi connectivity index (χ3n) is 2.61. The van der Waals surface area contributed by atoms with Gasteiger partial charge in [-0.2, -0.15) is 0 Å². The summed E-state index contributed by atoms with van der Waals surface area (Å²) < 4.78 is 30.1. The van der Waals surface area contributed by atoms with Crippen molar-refractivity contribution < 1.29 is 18.6 Å². The predicted molar refractivity (Wildman–Crippen MR) is 28.8 cm³/mol. The first kappa shape index (κ1) is 6.49. The quantitative estimate of drug-likeness (QED) is 0.581. The maximum Gasteiger partial charge on any atom is 0.264 e. The molecule has 0 bridgehead atoms. The van der Waals surface area contributed by atoms with Crippen molar-refractivity contribution in [3.63, 3.8) is 0 Å². The average molecular weight is 150 g/mol. The van der Waals surface area contributed by atoms with Gasteiger partial charge in [0.1, 0.15) is 0 Å². The second kappa shape index (κ2) is 1.51. The van der Waals surface area contributed by atoms with Gasteiger partial charge < -0.3 is 9.84 Å². The highest BCUT2D eigenvalue weighted by atomic mass is 19.3. The molecule has 1 heterocycles. The number of fused-ring (bicyclic) bond motifs is 1. The number of ether oxygens (including phenoxy) is 1. The van der Waals surface area contributed by atoms with Crippen LogP contribution in [-0.4, -0.2) is 30.8 Å². The van der Waals surface area contributed by atoms with E-state index < -0.39 is 23.9 Å². The van der Waals surface area contributed by atoms with Gasteiger partial charge in [-0.1, -0.05) is 0 Å². The van der Waals surface area contributed by atoms with Crippen LogP contribution < -0.4 is 0 Å². The van der Waals surface area contributed by atoms with Crippen molar-refractivity contribution in [1.29, 1.82) is 0 Å². The number of hydrogen-bond donors (Lipinski definition) is 1. The summed E-state index contributed by atoms with van der Waals surface area (Å²) >= 11 is 0. The second-order valence-electron chi connectivity index (χ2n) is 3.00. The van der Waals surface area contributed by atoms with Crippen molar-refractivity contribution in [2.45, 2.75) is 5.92 Å². The highest BCUT2D eigenvalue weighted by molar-refractivity contribution is 5.20. The third-order valence-corrected chi connectivity index (χ3v) is 2.61. The number of hydrogen-bond acceptors (Lipinski definition) is 2. The highest BCUT2D eigenvalue weighted by Crippen LogP contribution is 2.68. The Morgan fingerprint density at radius 3 is 2.60 bits per heavy atom. The van der Waals surface area contributed by atoms with Crippen LogP contribution in [0.3, 0.4) is 0 Å². The molecule has 10 heavy (non-hydrogen) atoms. The number of aliphatic hydroxyl groups excluding tert-OH is 1. The molecule has 4 heteroatoms. The van der Waals surface area contributed by atoms with E-state index in [0.29, 0.717) is 0 Å². The highest BCUT2D eigenvalue weighted by Gasteiger charge is 2.82. The lowest BCUT2D eigenvalue weighted by atomic mass is 10.1. The van der Waals surface area contributed by atoms with E-state index in [1.165, 1.54) is 0 Å². The standard InChI is InChI=1S/C6H8F2O2/c7-6(8)4-1-10-3-5(4,6)2-9/h4,9H,1-3H2/t4-,5+/m1/s1. The minimum atomic E-state index is -2.67. The maximum atomic E-state index is 12.7. The molecular formula is C6H8F2O2. The molecule has 58 valence electrons. The Bertz CT molecular complexity index is 171. The summed E-state index contributed by atoms with van der Waals surface area (Å²) in [4.78, 5) is 0. The van der Waals surface area contributed by atoms with E-state index in [-0.39, 0.29) is 13.2 Å². The van der Waals surface area contributed by atoms with Crippen molar-refractivity contribution in [2.24, 2.45) is 11.3 Å². The molecule has 0 aromatic carbocycles. The zero-order valence-corrected chi connectivity index (χ0v) is 5.31. The van der Waals surface area contributed by atoms with Crippen LogP contribution in [0, 0.1) is 11.3 Å². The first-order valence-electron chi connectivity index (χ1n) is 3.21. The molecule has 0 amide bonds. The van der Waals surface area contributed by atoms with Crippen molar-refractivity contribution in [3.05, 3.63) is 0 Å². The molecule has 1 saturated carbocycles. The Morgan fingerprint density at radius 2 is 2.30 bits per heavy atom. The minimum absolute atomic E-state index is 0.0150. The van der Waals surface area contributed by atoms with Crippen molar-refractivity contribution >= 4 is 0 Å². The van der Waals surface area contributed by atoms with E-state index in [4.69, 9.17) is 9.84 Å². The maximum absolute atomic E-state index is 12.7. The second-order valence-corrected chi connectivity index (χ2v) is 3.00. The Hall–Kier alpha value is -0.220. The van der Waals surface area contributed by atoms with E-state index in [2.05, 4.69) is 0 Å². The summed E-state index contributed by atoms with van der Waals surface area (Å²) in [5.74, 6) is -3.38. The first-order chi connectivity index (χ1) is 4.65. The van der Waals surface area contributed by atoms with Crippen LogP contribution in [0.15, 0.2) is 0 Å². The van der Waals surface area contributed by atoms with Crippen LogP contribution in [0.2, 0.25) is 0 Å². The van der Waals surface area contributed by atoms with Crippen LogP contribution in [0.25, 0.3) is 0 Å². The molecule has 0 unspecified atom stereocenters. The van der Waals surface area contributed by atoms with Gasteiger partial charge in [0.05, 0.1) is 31.2 Å². The van der Waals surface area contributed by atoms with E-state index in [0.717, 1.165) is 0 Å². The number of alkyl halides is 2. The van der Waals surface area contributed by atoms with E-state index in [1.54, 1.807) is 0 Å². The molecule has 1 aliphatic carbocycles. The fraction of sp³-hybridized carbons (Fsp3) is 1.00. The van der Waals surface area contributed by atoms with Gasteiger partial charge >= 0.3 is 0 Å². The Kier molecular flexibility index (Phi) is 0.978. The van der Waals surface area contributed by atoms with Crippen LogP contribution in [0.1, 0.15) is 0 Å². The first-order valence-corrected chi connectivity index (χ1v) is 3.21. The molecule has 1 saturated heterocycles.